The molecule has 0 unspecified atom stereocenters. The molecular formula is C38H38F6N10O2. The van der Waals surface area contributed by atoms with E-state index in [0.717, 1.165) is 44.4 Å². The summed E-state index contributed by atoms with van der Waals surface area (Å²) in [6.07, 6.45) is -8.92. The number of likely N-dealkylation sites (N-methyl/N-ethyl adjacent to an activating group) is 2. The number of fused-ring (bicyclic) bond motifs is 2. The van der Waals surface area contributed by atoms with E-state index in [1.807, 2.05) is 23.9 Å². The second kappa shape index (κ2) is 15.0. The molecule has 4 heterocycles. The first-order chi connectivity index (χ1) is 26.5. The van der Waals surface area contributed by atoms with Crippen molar-refractivity contribution < 1.29 is 31.3 Å². The summed E-state index contributed by atoms with van der Waals surface area (Å²) in [6.45, 7) is 5.79. The van der Waals surface area contributed by atoms with Gasteiger partial charge in [-0.3, -0.25) is 10.1 Å². The predicted molar refractivity (Wildman–Crippen MR) is 204 cm³/mol. The summed E-state index contributed by atoms with van der Waals surface area (Å²) < 4.78 is 80.9. The number of benzene rings is 4. The molecule has 12 nitrogen and oxygen atoms in total. The lowest BCUT2D eigenvalue weighted by atomic mass is 10.1. The molecule has 294 valence electrons. The summed E-state index contributed by atoms with van der Waals surface area (Å²) in [5, 5.41) is 11.0. The van der Waals surface area contributed by atoms with Crippen molar-refractivity contribution >= 4 is 44.8 Å². The van der Waals surface area contributed by atoms with Crippen LogP contribution in [0.4, 0.5) is 49.1 Å². The van der Waals surface area contributed by atoms with Crippen LogP contribution in [0.1, 0.15) is 11.1 Å². The van der Waals surface area contributed by atoms with Crippen molar-refractivity contribution in [2.75, 3.05) is 82.0 Å². The molecule has 6 aromatic rings. The summed E-state index contributed by atoms with van der Waals surface area (Å²) in [6, 6.07) is 17.3. The zero-order valence-electron chi connectivity index (χ0n) is 30.4. The molecule has 0 atom stereocenters. The van der Waals surface area contributed by atoms with Gasteiger partial charge in [0.1, 0.15) is 11.6 Å². The minimum atomic E-state index is -4.50. The third-order valence-corrected chi connectivity index (χ3v) is 9.96. The second-order valence-corrected chi connectivity index (χ2v) is 14.0. The van der Waals surface area contributed by atoms with Gasteiger partial charge in [-0.25, -0.2) is 9.97 Å². The molecule has 2 fully saturated rings. The van der Waals surface area contributed by atoms with E-state index in [2.05, 4.69) is 29.7 Å². The van der Waals surface area contributed by atoms with Crippen LogP contribution in [0.2, 0.25) is 0 Å². The van der Waals surface area contributed by atoms with Gasteiger partial charge in [0.25, 0.3) is 5.69 Å². The molecule has 4 aromatic carbocycles. The summed E-state index contributed by atoms with van der Waals surface area (Å²) in [7, 11) is 3.98. The van der Waals surface area contributed by atoms with Crippen LogP contribution in [0.15, 0.2) is 72.8 Å². The highest BCUT2D eigenvalue weighted by atomic mass is 19.4. The lowest BCUT2D eigenvalue weighted by Gasteiger charge is -2.34. The molecule has 2 aliphatic rings. The van der Waals surface area contributed by atoms with Gasteiger partial charge in [-0.15, -0.1) is 0 Å². The number of H-pyrrole nitrogens is 2. The van der Waals surface area contributed by atoms with Gasteiger partial charge in [0.2, 0.25) is 0 Å². The Morgan fingerprint density at radius 3 is 1.48 bits per heavy atom. The van der Waals surface area contributed by atoms with Gasteiger partial charge < -0.3 is 35.3 Å². The Bertz CT molecular complexity index is 2380. The highest BCUT2D eigenvalue weighted by Gasteiger charge is 2.34. The first-order valence-electron chi connectivity index (χ1n) is 17.7. The van der Waals surface area contributed by atoms with Gasteiger partial charge >= 0.3 is 12.4 Å². The highest BCUT2D eigenvalue weighted by molar-refractivity contribution is 5.83. The highest BCUT2D eigenvalue weighted by Crippen LogP contribution is 2.38. The Kier molecular flexibility index (Phi) is 10.3. The number of nitrogens with one attached hydrogen (secondary N) is 2. The number of anilines is 3. The number of aromatic nitrogens is 4. The average Bonchev–Trinajstić information content (AvgIpc) is 3.79. The topological polar surface area (TPSA) is 139 Å². The molecule has 0 bridgehead atoms. The van der Waals surface area contributed by atoms with Crippen LogP contribution >= 0.6 is 0 Å². The first kappa shape index (κ1) is 38.4. The number of imidazole rings is 2. The fraction of sp³-hybridized carbons (Fsp3) is 0.316. The minimum Gasteiger partial charge on any atom is -0.399 e. The molecule has 4 N–H and O–H groups in total. The summed E-state index contributed by atoms with van der Waals surface area (Å²) in [5.41, 5.74) is 8.75. The number of aromatic amines is 2. The van der Waals surface area contributed by atoms with Gasteiger partial charge in [-0.05, 0) is 74.8 Å². The van der Waals surface area contributed by atoms with Crippen molar-refractivity contribution in [3.8, 4) is 22.8 Å². The average molecular weight is 781 g/mol. The molecule has 0 saturated carbocycles. The van der Waals surface area contributed by atoms with Crippen LogP contribution in [-0.2, 0) is 12.4 Å². The number of nitrogens with two attached hydrogens (primary N) is 1. The number of nitrogens with zero attached hydrogens (tertiary/aromatic N) is 7. The number of nitrogen functional groups attached to an aromatic ring is 1. The zero-order valence-corrected chi connectivity index (χ0v) is 30.4. The largest absolute Gasteiger partial charge is 0.416 e. The summed E-state index contributed by atoms with van der Waals surface area (Å²) >= 11 is 0. The van der Waals surface area contributed by atoms with Crippen LogP contribution in [0.25, 0.3) is 44.8 Å². The monoisotopic (exact) mass is 780 g/mol. The van der Waals surface area contributed by atoms with Crippen molar-refractivity contribution in [3.63, 3.8) is 0 Å². The number of rotatable bonds is 5. The Hall–Kier alpha value is -5.88. The van der Waals surface area contributed by atoms with Crippen LogP contribution in [0, 0.1) is 10.1 Å². The smallest absolute Gasteiger partial charge is 0.399 e. The van der Waals surface area contributed by atoms with Crippen LogP contribution in [-0.4, -0.2) is 101 Å². The third-order valence-electron chi connectivity index (χ3n) is 9.96. The molecule has 8 rings (SSSR count). The molecule has 2 saturated heterocycles. The number of non-ortho nitro benzene ring substituents is 1. The third kappa shape index (κ3) is 8.50. The Balaban J connectivity index is 0.000000172. The molecule has 56 heavy (non-hydrogen) atoms. The first-order valence-corrected chi connectivity index (χ1v) is 17.7. The predicted octanol–water partition coefficient (Wildman–Crippen LogP) is 7.49. The number of hydrogen-bond acceptors (Lipinski definition) is 9. The summed E-state index contributed by atoms with van der Waals surface area (Å²) in [4.78, 5) is 33.4. The van der Waals surface area contributed by atoms with E-state index in [9.17, 15) is 36.5 Å². The standard InChI is InChI=1S/C19H18F3N5O2.C19H20F3N5/c1-25-4-6-26(7-5-25)15-9-12(8-13(10-15)19(20,21)22)18-23-16-3-2-14(27(28)29)11-17(16)24-18;1-26-4-6-27(7-5-26)15-9-12(8-13(10-15)19(20,21)22)18-24-16-3-2-14(23)11-17(16)25-18/h2-3,8-11H,4-7H2,1H3,(H,23,24);2-3,8-11H,4-7,23H2,1H3,(H,24,25). The van der Waals surface area contributed by atoms with Gasteiger partial charge in [0, 0.05) is 92.7 Å². The van der Waals surface area contributed by atoms with Crippen molar-refractivity contribution in [2.45, 2.75) is 12.4 Å². The number of nitro benzene ring substituents is 1. The fourth-order valence-electron chi connectivity index (χ4n) is 6.73. The number of piperazine rings is 2. The number of alkyl halides is 6. The van der Waals surface area contributed by atoms with Crippen molar-refractivity contribution in [1.29, 1.82) is 0 Å². The maximum absolute atomic E-state index is 13.5. The Morgan fingerprint density at radius 1 is 0.625 bits per heavy atom. The second-order valence-electron chi connectivity index (χ2n) is 14.0. The molecule has 2 aromatic heterocycles. The Labute approximate surface area is 316 Å². The minimum absolute atomic E-state index is 0.116. The Morgan fingerprint density at radius 2 is 1.05 bits per heavy atom. The van der Waals surface area contributed by atoms with E-state index >= 15 is 0 Å². The van der Waals surface area contributed by atoms with Gasteiger partial charge in [-0.2, -0.15) is 26.3 Å². The van der Waals surface area contributed by atoms with E-state index in [1.165, 1.54) is 24.3 Å². The quantitative estimate of drug-likeness (QED) is 0.0703. The van der Waals surface area contributed by atoms with Gasteiger partial charge in [0.05, 0.1) is 38.1 Å². The summed E-state index contributed by atoms with van der Waals surface area (Å²) in [5.74, 6) is 0.638. The molecule has 0 aliphatic carbocycles. The van der Waals surface area contributed by atoms with Crippen LogP contribution in [0.3, 0.4) is 0 Å². The van der Waals surface area contributed by atoms with Crippen molar-refractivity contribution in [2.24, 2.45) is 0 Å². The maximum Gasteiger partial charge on any atom is 0.416 e. The van der Waals surface area contributed by atoms with E-state index in [-0.39, 0.29) is 17.1 Å². The van der Waals surface area contributed by atoms with Crippen LogP contribution < -0.4 is 15.5 Å². The molecule has 0 amide bonds. The van der Waals surface area contributed by atoms with E-state index in [0.29, 0.717) is 76.7 Å². The van der Waals surface area contributed by atoms with Crippen LogP contribution in [0.5, 0.6) is 0 Å². The van der Waals surface area contributed by atoms with E-state index in [1.54, 1.807) is 30.3 Å². The normalized spacial score (nSPS) is 16.0. The number of halogens is 6. The molecule has 0 radical (unpaired) electrons. The zero-order chi connectivity index (χ0) is 39.9. The fourth-order valence-corrected chi connectivity index (χ4v) is 6.73. The molecule has 2 aliphatic heterocycles. The molecule has 0 spiro atoms. The van der Waals surface area contributed by atoms with Crippen molar-refractivity contribution in [1.82, 2.24) is 29.7 Å². The van der Waals surface area contributed by atoms with Gasteiger partial charge in [0.15, 0.2) is 0 Å². The molecular weight excluding hydrogens is 742 g/mol. The van der Waals surface area contributed by atoms with Crippen molar-refractivity contribution in [3.05, 3.63) is 94.0 Å². The lowest BCUT2D eigenvalue weighted by Crippen LogP contribution is -2.44. The maximum atomic E-state index is 13.5. The molecule has 18 heteroatoms. The number of hydrogen-bond donors (Lipinski definition) is 3. The van der Waals surface area contributed by atoms with Gasteiger partial charge in [-0.1, -0.05) is 0 Å². The lowest BCUT2D eigenvalue weighted by molar-refractivity contribution is -0.384. The van der Waals surface area contributed by atoms with E-state index in [4.69, 9.17) is 5.73 Å². The number of nitro groups is 1. The van der Waals surface area contributed by atoms with E-state index < -0.39 is 28.4 Å². The SMILES string of the molecule is CN1CCN(c2cc(-c3nc4ccc(N)cc4[nH]3)cc(C(F)(F)F)c2)CC1.CN1CCN(c2cc(-c3nc4ccc([N+](=O)[O-])cc4[nH]3)cc(C(F)(F)F)c2)CC1.